The predicted octanol–water partition coefficient (Wildman–Crippen LogP) is 0.938. The van der Waals surface area contributed by atoms with Crippen molar-refractivity contribution in [1.82, 2.24) is 10.2 Å². The molecule has 0 aliphatic carbocycles. The van der Waals surface area contributed by atoms with Gasteiger partial charge in [-0.1, -0.05) is 12.1 Å². The van der Waals surface area contributed by atoms with Crippen LogP contribution in [0.25, 0.3) is 0 Å². The predicted molar refractivity (Wildman–Crippen MR) is 58.7 cm³/mol. The van der Waals surface area contributed by atoms with Crippen molar-refractivity contribution in [2.75, 3.05) is 13.1 Å². The van der Waals surface area contributed by atoms with Gasteiger partial charge in [-0.05, 0) is 24.1 Å². The Balaban J connectivity index is 1.68. The molecule has 2 N–H and O–H groups in total. The number of rotatable bonds is 2. The quantitative estimate of drug-likeness (QED) is 0.752. The molecule has 1 unspecified atom stereocenters. The van der Waals surface area contributed by atoms with Crippen LogP contribution in [0.2, 0.25) is 0 Å². The maximum atomic E-state index is 9.20. The SMILES string of the molecule is Oc1ccc(CN2C[C@@H]3CC2CN3)cc1. The molecule has 3 heteroatoms. The summed E-state index contributed by atoms with van der Waals surface area (Å²) in [6, 6.07) is 8.99. The van der Waals surface area contributed by atoms with Crippen LogP contribution in [0.15, 0.2) is 24.3 Å². The van der Waals surface area contributed by atoms with Gasteiger partial charge >= 0.3 is 0 Å². The molecule has 0 radical (unpaired) electrons. The monoisotopic (exact) mass is 204 g/mol. The van der Waals surface area contributed by atoms with Gasteiger partial charge in [0.15, 0.2) is 0 Å². The van der Waals surface area contributed by atoms with Crippen LogP contribution in [-0.4, -0.2) is 35.2 Å². The topological polar surface area (TPSA) is 35.5 Å². The number of piperazine rings is 1. The molecule has 2 heterocycles. The standard InChI is InChI=1S/C12H16N2O/c15-12-3-1-9(2-4-12)7-14-8-10-5-11(14)6-13-10/h1-4,10-11,13,15H,5-8H2/t10-,11?/m0/s1. The first-order valence-electron chi connectivity index (χ1n) is 5.56. The normalized spacial score (nSPS) is 29.9. The minimum atomic E-state index is 0.350. The van der Waals surface area contributed by atoms with Crippen molar-refractivity contribution in [3.8, 4) is 5.75 Å². The minimum absolute atomic E-state index is 0.350. The molecule has 1 aromatic carbocycles. The minimum Gasteiger partial charge on any atom is -0.508 e. The molecular weight excluding hydrogens is 188 g/mol. The van der Waals surface area contributed by atoms with Crippen LogP contribution in [-0.2, 0) is 6.54 Å². The van der Waals surface area contributed by atoms with Gasteiger partial charge in [-0.2, -0.15) is 0 Å². The summed E-state index contributed by atoms with van der Waals surface area (Å²) in [6.45, 7) is 3.33. The molecule has 2 atom stereocenters. The van der Waals surface area contributed by atoms with Crippen LogP contribution in [0.3, 0.4) is 0 Å². The van der Waals surface area contributed by atoms with E-state index in [1.807, 2.05) is 12.1 Å². The summed E-state index contributed by atoms with van der Waals surface area (Å²) in [6.07, 6.45) is 1.30. The molecule has 2 bridgehead atoms. The van der Waals surface area contributed by atoms with Gasteiger partial charge in [-0.3, -0.25) is 4.90 Å². The lowest BCUT2D eigenvalue weighted by Crippen LogP contribution is -2.42. The van der Waals surface area contributed by atoms with E-state index < -0.39 is 0 Å². The Kier molecular flexibility index (Phi) is 2.15. The van der Waals surface area contributed by atoms with Crippen LogP contribution in [0.5, 0.6) is 5.75 Å². The third kappa shape index (κ3) is 1.73. The van der Waals surface area contributed by atoms with Crippen molar-refractivity contribution in [2.45, 2.75) is 25.0 Å². The number of benzene rings is 1. The second kappa shape index (κ2) is 3.51. The highest BCUT2D eigenvalue weighted by Crippen LogP contribution is 2.25. The maximum absolute atomic E-state index is 9.20. The zero-order valence-electron chi connectivity index (χ0n) is 8.69. The fraction of sp³-hybridized carbons (Fsp3) is 0.500. The summed E-state index contributed by atoms with van der Waals surface area (Å²) in [5.74, 6) is 0.350. The number of nitrogens with zero attached hydrogens (tertiary/aromatic N) is 1. The molecule has 80 valence electrons. The second-order valence-electron chi connectivity index (χ2n) is 4.59. The van der Waals surface area contributed by atoms with E-state index in [1.54, 1.807) is 12.1 Å². The first-order chi connectivity index (χ1) is 7.31. The van der Waals surface area contributed by atoms with Gasteiger partial charge in [0.2, 0.25) is 0 Å². The van der Waals surface area contributed by atoms with Gasteiger partial charge in [-0.25, -0.2) is 0 Å². The number of hydrogen-bond donors (Lipinski definition) is 2. The Hall–Kier alpha value is -1.06. The molecule has 2 fully saturated rings. The van der Waals surface area contributed by atoms with Gasteiger partial charge in [0.05, 0.1) is 0 Å². The lowest BCUT2D eigenvalue weighted by atomic mass is 10.2. The smallest absolute Gasteiger partial charge is 0.115 e. The first-order valence-corrected chi connectivity index (χ1v) is 5.56. The Bertz CT molecular complexity index is 349. The van der Waals surface area contributed by atoms with Crippen molar-refractivity contribution >= 4 is 0 Å². The maximum Gasteiger partial charge on any atom is 0.115 e. The highest BCUT2D eigenvalue weighted by molar-refractivity contribution is 5.26. The van der Waals surface area contributed by atoms with E-state index in [0.717, 1.165) is 19.1 Å². The zero-order valence-corrected chi connectivity index (χ0v) is 8.69. The molecule has 0 amide bonds. The summed E-state index contributed by atoms with van der Waals surface area (Å²) in [7, 11) is 0. The van der Waals surface area contributed by atoms with Gasteiger partial charge in [-0.15, -0.1) is 0 Å². The van der Waals surface area contributed by atoms with Gasteiger partial charge in [0.1, 0.15) is 5.75 Å². The van der Waals surface area contributed by atoms with Crippen LogP contribution in [0, 0.1) is 0 Å². The largest absolute Gasteiger partial charge is 0.508 e. The Labute approximate surface area is 89.7 Å². The number of hydrogen-bond acceptors (Lipinski definition) is 3. The van der Waals surface area contributed by atoms with Crippen LogP contribution in [0.1, 0.15) is 12.0 Å². The van der Waals surface area contributed by atoms with Crippen molar-refractivity contribution in [2.24, 2.45) is 0 Å². The fourth-order valence-electron chi connectivity index (χ4n) is 2.68. The highest BCUT2D eigenvalue weighted by Gasteiger charge is 2.36. The summed E-state index contributed by atoms with van der Waals surface area (Å²) in [4.78, 5) is 2.54. The van der Waals surface area contributed by atoms with Gasteiger partial charge in [0.25, 0.3) is 0 Å². The Morgan fingerprint density at radius 1 is 1.33 bits per heavy atom. The molecule has 2 aliphatic rings. The first kappa shape index (κ1) is 9.19. The molecule has 1 aromatic rings. The molecular formula is C12H16N2O. The number of nitrogens with one attached hydrogen (secondary N) is 1. The average Bonchev–Trinajstić information content (AvgIpc) is 2.83. The highest BCUT2D eigenvalue weighted by atomic mass is 16.3. The number of phenols is 1. The fourth-order valence-corrected chi connectivity index (χ4v) is 2.68. The lowest BCUT2D eigenvalue weighted by molar-refractivity contribution is 0.218. The van der Waals surface area contributed by atoms with Crippen molar-refractivity contribution in [3.05, 3.63) is 29.8 Å². The Morgan fingerprint density at radius 2 is 2.13 bits per heavy atom. The summed E-state index contributed by atoms with van der Waals surface area (Å²) < 4.78 is 0. The lowest BCUT2D eigenvalue weighted by Gasteiger charge is -2.27. The number of phenolic OH excluding ortho intramolecular Hbond substituents is 1. The number of likely N-dealkylation sites (tertiary alicyclic amines) is 1. The summed E-state index contributed by atoms with van der Waals surface area (Å²) in [5.41, 5.74) is 1.29. The molecule has 3 nitrogen and oxygen atoms in total. The molecule has 0 aromatic heterocycles. The van der Waals surface area contributed by atoms with E-state index in [4.69, 9.17) is 0 Å². The van der Waals surface area contributed by atoms with Gasteiger partial charge in [0, 0.05) is 31.7 Å². The van der Waals surface area contributed by atoms with E-state index in [0.29, 0.717) is 11.8 Å². The number of aromatic hydroxyl groups is 1. The van der Waals surface area contributed by atoms with Gasteiger partial charge < -0.3 is 10.4 Å². The third-order valence-electron chi connectivity index (χ3n) is 3.49. The average molecular weight is 204 g/mol. The molecule has 0 spiro atoms. The third-order valence-corrected chi connectivity index (χ3v) is 3.49. The van der Waals surface area contributed by atoms with Crippen molar-refractivity contribution < 1.29 is 5.11 Å². The molecule has 0 saturated carbocycles. The van der Waals surface area contributed by atoms with Crippen LogP contribution >= 0.6 is 0 Å². The summed E-state index contributed by atoms with van der Waals surface area (Å²) >= 11 is 0. The van der Waals surface area contributed by atoms with Crippen LogP contribution < -0.4 is 5.32 Å². The Morgan fingerprint density at radius 3 is 2.73 bits per heavy atom. The van der Waals surface area contributed by atoms with E-state index in [9.17, 15) is 5.11 Å². The summed E-state index contributed by atoms with van der Waals surface area (Å²) in [5, 5.41) is 12.7. The van der Waals surface area contributed by atoms with Crippen molar-refractivity contribution in [3.63, 3.8) is 0 Å². The van der Waals surface area contributed by atoms with E-state index >= 15 is 0 Å². The zero-order chi connectivity index (χ0) is 10.3. The van der Waals surface area contributed by atoms with Crippen LogP contribution in [0.4, 0.5) is 0 Å². The van der Waals surface area contributed by atoms with Crippen molar-refractivity contribution in [1.29, 1.82) is 0 Å². The molecule has 2 aliphatic heterocycles. The molecule has 15 heavy (non-hydrogen) atoms. The second-order valence-corrected chi connectivity index (χ2v) is 4.59. The molecule has 3 rings (SSSR count). The van der Waals surface area contributed by atoms with E-state index in [2.05, 4.69) is 10.2 Å². The van der Waals surface area contributed by atoms with E-state index in [1.165, 1.54) is 18.5 Å². The van der Waals surface area contributed by atoms with E-state index in [-0.39, 0.29) is 0 Å². The molecule has 2 saturated heterocycles. The number of fused-ring (bicyclic) bond motifs is 2.